The first kappa shape index (κ1) is 16.5. The number of aryl methyl sites for hydroxylation is 1. The summed E-state index contributed by atoms with van der Waals surface area (Å²) in [5.74, 6) is 0.230. The molecule has 2 saturated heterocycles. The summed E-state index contributed by atoms with van der Waals surface area (Å²) >= 11 is 0. The normalized spacial score (nSPS) is 23.0. The molecule has 2 aliphatic heterocycles. The van der Waals surface area contributed by atoms with Crippen LogP contribution in [0.25, 0.3) is 0 Å². The van der Waals surface area contributed by atoms with E-state index in [4.69, 9.17) is 0 Å². The van der Waals surface area contributed by atoms with Crippen LogP contribution in [0, 0.1) is 6.92 Å². The van der Waals surface area contributed by atoms with Gasteiger partial charge in [-0.3, -0.25) is 4.79 Å². The molecule has 3 nitrogen and oxygen atoms in total. The predicted molar refractivity (Wildman–Crippen MR) is 94.8 cm³/mol. The van der Waals surface area contributed by atoms with Crippen LogP contribution in [0.5, 0.6) is 0 Å². The number of nitrogens with zero attached hydrogens (tertiary/aromatic N) is 2. The number of hydrogen-bond donors (Lipinski definition) is 0. The van der Waals surface area contributed by atoms with Crippen molar-refractivity contribution in [2.75, 3.05) is 26.2 Å². The molecular weight excluding hydrogens is 284 g/mol. The van der Waals surface area contributed by atoms with Crippen molar-refractivity contribution >= 4 is 5.91 Å². The number of hydrogen-bond acceptors (Lipinski definition) is 2. The zero-order valence-electron chi connectivity index (χ0n) is 14.5. The van der Waals surface area contributed by atoms with Crippen molar-refractivity contribution in [3.05, 3.63) is 35.4 Å². The molecule has 0 bridgehead atoms. The van der Waals surface area contributed by atoms with E-state index in [1.165, 1.54) is 50.8 Å². The Morgan fingerprint density at radius 2 is 1.70 bits per heavy atom. The number of benzene rings is 1. The fourth-order valence-corrected chi connectivity index (χ4v) is 3.94. The van der Waals surface area contributed by atoms with Crippen molar-refractivity contribution in [3.63, 3.8) is 0 Å². The summed E-state index contributed by atoms with van der Waals surface area (Å²) < 4.78 is 0. The smallest absolute Gasteiger partial charge is 0.254 e. The summed E-state index contributed by atoms with van der Waals surface area (Å²) in [6.07, 6.45) is 8.80. The molecular formula is C20H30N2O. The summed E-state index contributed by atoms with van der Waals surface area (Å²) in [5.41, 5.74) is 2.06. The van der Waals surface area contributed by atoms with Gasteiger partial charge in [-0.05, 0) is 70.7 Å². The summed E-state index contributed by atoms with van der Waals surface area (Å²) in [6.45, 7) is 6.65. The summed E-state index contributed by atoms with van der Waals surface area (Å²) in [4.78, 5) is 17.6. The van der Waals surface area contributed by atoms with Crippen molar-refractivity contribution in [1.82, 2.24) is 9.80 Å². The topological polar surface area (TPSA) is 23.6 Å². The number of carbonyl (C=O) groups is 1. The average Bonchev–Trinajstić information content (AvgIpc) is 2.61. The summed E-state index contributed by atoms with van der Waals surface area (Å²) in [6, 6.07) is 8.47. The van der Waals surface area contributed by atoms with Crippen LogP contribution in [-0.4, -0.2) is 47.9 Å². The Morgan fingerprint density at radius 3 is 2.43 bits per heavy atom. The number of carbonyl (C=O) groups excluding carboxylic acids is 1. The van der Waals surface area contributed by atoms with Gasteiger partial charge >= 0.3 is 0 Å². The van der Waals surface area contributed by atoms with Crippen molar-refractivity contribution in [1.29, 1.82) is 0 Å². The van der Waals surface area contributed by atoms with Gasteiger partial charge in [0.2, 0.25) is 0 Å². The van der Waals surface area contributed by atoms with Crippen LogP contribution in [0.15, 0.2) is 24.3 Å². The van der Waals surface area contributed by atoms with E-state index in [1.807, 2.05) is 24.3 Å². The zero-order valence-corrected chi connectivity index (χ0v) is 14.5. The Morgan fingerprint density at radius 1 is 1.00 bits per heavy atom. The monoisotopic (exact) mass is 314 g/mol. The van der Waals surface area contributed by atoms with Gasteiger partial charge in [-0.25, -0.2) is 0 Å². The van der Waals surface area contributed by atoms with Crippen LogP contribution in [-0.2, 0) is 0 Å². The molecule has 126 valence electrons. The minimum Gasteiger partial charge on any atom is -0.336 e. The highest BCUT2D eigenvalue weighted by molar-refractivity contribution is 5.94. The second kappa shape index (κ2) is 7.96. The molecule has 3 rings (SSSR count). The third-order valence-electron chi connectivity index (χ3n) is 5.41. The highest BCUT2D eigenvalue weighted by Gasteiger charge is 2.27. The lowest BCUT2D eigenvalue weighted by Gasteiger charge is -2.37. The van der Waals surface area contributed by atoms with Crippen LogP contribution < -0.4 is 0 Å². The lowest BCUT2D eigenvalue weighted by Crippen LogP contribution is -2.45. The fraction of sp³-hybridized carbons (Fsp3) is 0.650. The van der Waals surface area contributed by atoms with Crippen LogP contribution in [0.3, 0.4) is 0 Å². The molecule has 1 aromatic carbocycles. The third kappa shape index (κ3) is 4.35. The van der Waals surface area contributed by atoms with Gasteiger partial charge in [0.1, 0.15) is 0 Å². The Bertz CT molecular complexity index is 505. The molecule has 23 heavy (non-hydrogen) atoms. The van der Waals surface area contributed by atoms with Gasteiger partial charge in [0, 0.05) is 24.7 Å². The van der Waals surface area contributed by atoms with Crippen molar-refractivity contribution in [2.45, 2.75) is 57.9 Å². The SMILES string of the molecule is Cc1ccc(C(=O)N2CCCC[C@H]2CCN2CCCCC2)cc1. The first-order chi connectivity index (χ1) is 11.2. The van der Waals surface area contributed by atoms with Crippen molar-refractivity contribution in [3.8, 4) is 0 Å². The highest BCUT2D eigenvalue weighted by Crippen LogP contribution is 2.23. The van der Waals surface area contributed by atoms with E-state index in [1.54, 1.807) is 0 Å². The van der Waals surface area contributed by atoms with Gasteiger partial charge in [0.15, 0.2) is 0 Å². The van der Waals surface area contributed by atoms with E-state index in [-0.39, 0.29) is 5.91 Å². The third-order valence-corrected chi connectivity index (χ3v) is 5.41. The molecule has 0 aliphatic carbocycles. The van der Waals surface area contributed by atoms with E-state index in [0.29, 0.717) is 6.04 Å². The van der Waals surface area contributed by atoms with Gasteiger partial charge in [-0.2, -0.15) is 0 Å². The van der Waals surface area contributed by atoms with Crippen molar-refractivity contribution < 1.29 is 4.79 Å². The largest absolute Gasteiger partial charge is 0.336 e. The predicted octanol–water partition coefficient (Wildman–Crippen LogP) is 3.87. The molecule has 1 amide bonds. The Balaban J connectivity index is 1.61. The number of rotatable bonds is 4. The molecule has 0 N–H and O–H groups in total. The molecule has 3 heteroatoms. The van der Waals surface area contributed by atoms with Gasteiger partial charge < -0.3 is 9.80 Å². The molecule has 0 saturated carbocycles. The van der Waals surface area contributed by atoms with E-state index in [2.05, 4.69) is 16.7 Å². The van der Waals surface area contributed by atoms with E-state index in [9.17, 15) is 4.79 Å². The molecule has 2 aliphatic rings. The van der Waals surface area contributed by atoms with E-state index in [0.717, 1.165) is 31.5 Å². The molecule has 0 aromatic heterocycles. The molecule has 0 unspecified atom stereocenters. The van der Waals surface area contributed by atoms with Crippen LogP contribution in [0.2, 0.25) is 0 Å². The number of amides is 1. The first-order valence-electron chi connectivity index (χ1n) is 9.34. The Hall–Kier alpha value is -1.35. The number of piperidine rings is 2. The average molecular weight is 314 g/mol. The molecule has 1 aromatic rings. The van der Waals surface area contributed by atoms with Crippen LogP contribution >= 0.6 is 0 Å². The quantitative estimate of drug-likeness (QED) is 0.842. The maximum atomic E-state index is 12.9. The molecule has 2 fully saturated rings. The maximum Gasteiger partial charge on any atom is 0.254 e. The van der Waals surface area contributed by atoms with Gasteiger partial charge in [-0.1, -0.05) is 24.1 Å². The lowest BCUT2D eigenvalue weighted by molar-refractivity contribution is 0.0579. The Labute approximate surface area is 140 Å². The van der Waals surface area contributed by atoms with Gasteiger partial charge in [0.25, 0.3) is 5.91 Å². The number of likely N-dealkylation sites (tertiary alicyclic amines) is 2. The minimum atomic E-state index is 0.230. The molecule has 0 spiro atoms. The lowest BCUT2D eigenvalue weighted by atomic mass is 9.97. The van der Waals surface area contributed by atoms with Gasteiger partial charge in [0.05, 0.1) is 0 Å². The first-order valence-corrected chi connectivity index (χ1v) is 9.34. The maximum absolute atomic E-state index is 12.9. The summed E-state index contributed by atoms with van der Waals surface area (Å²) in [7, 11) is 0. The molecule has 1 atom stereocenters. The zero-order chi connectivity index (χ0) is 16.1. The van der Waals surface area contributed by atoms with E-state index < -0.39 is 0 Å². The van der Waals surface area contributed by atoms with Gasteiger partial charge in [-0.15, -0.1) is 0 Å². The Kier molecular flexibility index (Phi) is 5.71. The van der Waals surface area contributed by atoms with Crippen LogP contribution in [0.1, 0.15) is 60.9 Å². The van der Waals surface area contributed by atoms with E-state index >= 15 is 0 Å². The van der Waals surface area contributed by atoms with Crippen molar-refractivity contribution in [2.24, 2.45) is 0 Å². The minimum absolute atomic E-state index is 0.230. The fourth-order valence-electron chi connectivity index (χ4n) is 3.94. The standard InChI is InChI=1S/C20H30N2O/c1-17-8-10-18(11-9-17)20(23)22-15-6-3-7-19(22)12-16-21-13-4-2-5-14-21/h8-11,19H,2-7,12-16H2,1H3/t19-/m0/s1. The molecule has 2 heterocycles. The highest BCUT2D eigenvalue weighted by atomic mass is 16.2. The summed E-state index contributed by atoms with van der Waals surface area (Å²) in [5, 5.41) is 0. The second-order valence-corrected chi connectivity index (χ2v) is 7.21. The molecule has 0 radical (unpaired) electrons. The van der Waals surface area contributed by atoms with Crippen LogP contribution in [0.4, 0.5) is 0 Å². The second-order valence-electron chi connectivity index (χ2n) is 7.21.